The summed E-state index contributed by atoms with van der Waals surface area (Å²) in [6.45, 7) is 4.01. The molecule has 4 nitrogen and oxygen atoms in total. The Bertz CT molecular complexity index is 534. The van der Waals surface area contributed by atoms with Crippen LogP contribution >= 0.6 is 0 Å². The van der Waals surface area contributed by atoms with Crippen LogP contribution in [0, 0.1) is 0 Å². The Morgan fingerprint density at radius 3 is 2.43 bits per heavy atom. The third kappa shape index (κ3) is 7.13. The fraction of sp³-hybridized carbons (Fsp3) is 0.474. The number of aromatic carboxylic acids is 1. The Kier molecular flexibility index (Phi) is 8.73. The molecule has 1 N–H and O–H groups in total. The lowest BCUT2D eigenvalue weighted by atomic mass is 10.1. The molecule has 1 aromatic carbocycles. The highest BCUT2D eigenvalue weighted by molar-refractivity contribution is 6.02. The van der Waals surface area contributed by atoms with Gasteiger partial charge in [-0.1, -0.05) is 44.1 Å². The van der Waals surface area contributed by atoms with Gasteiger partial charge in [-0.05, 0) is 44.7 Å². The smallest absolute Gasteiger partial charge is 0.339 e. The summed E-state index contributed by atoms with van der Waals surface area (Å²) in [5.74, 6) is -1.71. The molecule has 1 aromatic rings. The van der Waals surface area contributed by atoms with Crippen molar-refractivity contribution < 1.29 is 19.4 Å². The van der Waals surface area contributed by atoms with E-state index in [4.69, 9.17) is 9.84 Å². The van der Waals surface area contributed by atoms with Gasteiger partial charge in [-0.3, -0.25) is 0 Å². The van der Waals surface area contributed by atoms with Crippen LogP contribution in [-0.4, -0.2) is 23.1 Å². The van der Waals surface area contributed by atoms with Crippen molar-refractivity contribution in [2.75, 3.05) is 0 Å². The van der Waals surface area contributed by atoms with Crippen molar-refractivity contribution in [1.82, 2.24) is 0 Å². The van der Waals surface area contributed by atoms with Crippen molar-refractivity contribution in [1.29, 1.82) is 0 Å². The second-order valence-electron chi connectivity index (χ2n) is 5.61. The molecule has 0 aliphatic carbocycles. The molecule has 1 unspecified atom stereocenters. The van der Waals surface area contributed by atoms with Gasteiger partial charge in [0.1, 0.15) is 0 Å². The lowest BCUT2D eigenvalue weighted by Crippen LogP contribution is -2.17. The van der Waals surface area contributed by atoms with E-state index in [1.807, 2.05) is 6.92 Å². The van der Waals surface area contributed by atoms with Crippen LogP contribution in [0.25, 0.3) is 0 Å². The number of hydrogen-bond donors (Lipinski definition) is 1. The van der Waals surface area contributed by atoms with E-state index in [1.165, 1.54) is 31.4 Å². The third-order valence-corrected chi connectivity index (χ3v) is 3.57. The van der Waals surface area contributed by atoms with Crippen molar-refractivity contribution in [3.63, 3.8) is 0 Å². The number of rotatable bonds is 10. The lowest BCUT2D eigenvalue weighted by Gasteiger charge is -2.13. The Morgan fingerprint density at radius 2 is 1.78 bits per heavy atom. The first kappa shape index (κ1) is 18.9. The predicted octanol–water partition coefficient (Wildman–Crippen LogP) is 4.85. The average molecular weight is 318 g/mol. The van der Waals surface area contributed by atoms with Crippen LogP contribution in [0.5, 0.6) is 0 Å². The van der Waals surface area contributed by atoms with Gasteiger partial charge >= 0.3 is 11.9 Å². The molecule has 0 aliphatic rings. The number of carbonyl (C=O) groups is 2. The molecule has 0 aliphatic heterocycles. The van der Waals surface area contributed by atoms with Gasteiger partial charge < -0.3 is 9.84 Å². The van der Waals surface area contributed by atoms with E-state index in [2.05, 4.69) is 19.1 Å². The van der Waals surface area contributed by atoms with E-state index in [9.17, 15) is 9.59 Å². The fourth-order valence-corrected chi connectivity index (χ4v) is 2.23. The SMILES string of the molecule is CCCCC/C=C\CCC(C)OC(=O)c1ccccc1C(=O)O. The highest BCUT2D eigenvalue weighted by atomic mass is 16.5. The summed E-state index contributed by atoms with van der Waals surface area (Å²) >= 11 is 0. The summed E-state index contributed by atoms with van der Waals surface area (Å²) in [4.78, 5) is 23.2. The summed E-state index contributed by atoms with van der Waals surface area (Å²) in [5.41, 5.74) is 0.0717. The molecule has 23 heavy (non-hydrogen) atoms. The summed E-state index contributed by atoms with van der Waals surface area (Å²) in [5, 5.41) is 9.09. The quantitative estimate of drug-likeness (QED) is 0.380. The standard InChI is InChI=1S/C19H26O4/c1-3-4-5-6-7-8-9-12-15(2)23-19(22)17-14-11-10-13-16(17)18(20)21/h7-8,10-11,13-15H,3-6,9,12H2,1-2H3,(H,20,21)/b8-7-. The minimum absolute atomic E-state index is 0.0273. The minimum Gasteiger partial charge on any atom is -0.478 e. The Morgan fingerprint density at radius 1 is 1.13 bits per heavy atom. The number of carboxylic acid groups (broad SMARTS) is 1. The monoisotopic (exact) mass is 318 g/mol. The molecule has 1 rings (SSSR count). The van der Waals surface area contributed by atoms with Crippen molar-refractivity contribution in [2.45, 2.75) is 58.5 Å². The average Bonchev–Trinajstić information content (AvgIpc) is 2.53. The molecule has 126 valence electrons. The second-order valence-corrected chi connectivity index (χ2v) is 5.61. The van der Waals surface area contributed by atoms with E-state index in [0.29, 0.717) is 0 Å². The van der Waals surface area contributed by atoms with Crippen LogP contribution in [-0.2, 0) is 4.74 Å². The van der Waals surface area contributed by atoms with Crippen LogP contribution in [0.15, 0.2) is 36.4 Å². The molecule has 0 heterocycles. The highest BCUT2D eigenvalue weighted by Gasteiger charge is 2.18. The van der Waals surface area contributed by atoms with Crippen molar-refractivity contribution >= 4 is 11.9 Å². The highest BCUT2D eigenvalue weighted by Crippen LogP contribution is 2.13. The van der Waals surface area contributed by atoms with E-state index in [0.717, 1.165) is 19.3 Å². The van der Waals surface area contributed by atoms with Gasteiger partial charge in [-0.25, -0.2) is 9.59 Å². The van der Waals surface area contributed by atoms with Gasteiger partial charge in [-0.15, -0.1) is 0 Å². The molecule has 1 atom stereocenters. The van der Waals surface area contributed by atoms with Crippen LogP contribution in [0.3, 0.4) is 0 Å². The molecule has 0 radical (unpaired) electrons. The topological polar surface area (TPSA) is 63.6 Å². The van der Waals surface area contributed by atoms with Crippen molar-refractivity contribution in [2.24, 2.45) is 0 Å². The number of unbranched alkanes of at least 4 members (excludes halogenated alkanes) is 3. The zero-order valence-electron chi connectivity index (χ0n) is 14.0. The predicted molar refractivity (Wildman–Crippen MR) is 90.8 cm³/mol. The van der Waals surface area contributed by atoms with Gasteiger partial charge in [-0.2, -0.15) is 0 Å². The molecule has 0 saturated heterocycles. The van der Waals surface area contributed by atoms with Crippen LogP contribution in [0.4, 0.5) is 0 Å². The first-order chi connectivity index (χ1) is 11.1. The number of hydrogen-bond acceptors (Lipinski definition) is 3. The third-order valence-electron chi connectivity index (χ3n) is 3.57. The van der Waals surface area contributed by atoms with E-state index < -0.39 is 11.9 Å². The minimum atomic E-state index is -1.12. The van der Waals surface area contributed by atoms with E-state index in [1.54, 1.807) is 12.1 Å². The van der Waals surface area contributed by atoms with Gasteiger partial charge in [0.05, 0.1) is 17.2 Å². The first-order valence-corrected chi connectivity index (χ1v) is 8.24. The van der Waals surface area contributed by atoms with Crippen LogP contribution < -0.4 is 0 Å². The number of carboxylic acids is 1. The van der Waals surface area contributed by atoms with Crippen molar-refractivity contribution in [3.8, 4) is 0 Å². The molecule has 0 saturated carbocycles. The number of allylic oxidation sites excluding steroid dienone is 2. The van der Waals surface area contributed by atoms with Gasteiger partial charge in [0.25, 0.3) is 0 Å². The number of benzene rings is 1. The Balaban J connectivity index is 2.41. The maximum atomic E-state index is 12.1. The molecule has 0 amide bonds. The summed E-state index contributed by atoms with van der Waals surface area (Å²) < 4.78 is 5.34. The van der Waals surface area contributed by atoms with Gasteiger partial charge in [0.2, 0.25) is 0 Å². The molecule has 0 spiro atoms. The molecule has 0 bridgehead atoms. The molecule has 0 fully saturated rings. The zero-order valence-corrected chi connectivity index (χ0v) is 14.0. The lowest BCUT2D eigenvalue weighted by molar-refractivity contribution is 0.0321. The van der Waals surface area contributed by atoms with Crippen LogP contribution in [0.1, 0.15) is 73.1 Å². The maximum absolute atomic E-state index is 12.1. The Labute approximate surface area is 138 Å². The zero-order chi connectivity index (χ0) is 17.1. The maximum Gasteiger partial charge on any atom is 0.339 e. The second kappa shape index (κ2) is 10.6. The van der Waals surface area contributed by atoms with Gasteiger partial charge in [0.15, 0.2) is 0 Å². The molecule has 0 aromatic heterocycles. The summed E-state index contributed by atoms with van der Waals surface area (Å²) in [6.07, 6.45) is 10.4. The van der Waals surface area contributed by atoms with E-state index in [-0.39, 0.29) is 17.2 Å². The first-order valence-electron chi connectivity index (χ1n) is 8.24. The number of carbonyl (C=O) groups excluding carboxylic acids is 1. The summed E-state index contributed by atoms with van der Waals surface area (Å²) in [7, 11) is 0. The molecular weight excluding hydrogens is 292 g/mol. The molecular formula is C19H26O4. The summed E-state index contributed by atoms with van der Waals surface area (Å²) in [6, 6.07) is 6.11. The molecule has 4 heteroatoms. The van der Waals surface area contributed by atoms with E-state index >= 15 is 0 Å². The van der Waals surface area contributed by atoms with Crippen LogP contribution in [0.2, 0.25) is 0 Å². The Hall–Kier alpha value is -2.10. The van der Waals surface area contributed by atoms with Gasteiger partial charge in [0, 0.05) is 0 Å². The fourth-order valence-electron chi connectivity index (χ4n) is 2.23. The normalized spacial score (nSPS) is 12.3. The number of ether oxygens (including phenoxy) is 1. The largest absolute Gasteiger partial charge is 0.478 e. The number of esters is 1. The van der Waals surface area contributed by atoms with Crippen molar-refractivity contribution in [3.05, 3.63) is 47.5 Å².